The van der Waals surface area contributed by atoms with Gasteiger partial charge in [-0.15, -0.1) is 10.2 Å². The van der Waals surface area contributed by atoms with Crippen molar-refractivity contribution in [3.63, 3.8) is 0 Å². The molecule has 0 spiro atoms. The number of rotatable bonds is 9. The molecule has 9 heteroatoms. The van der Waals surface area contributed by atoms with Crippen molar-refractivity contribution in [1.29, 1.82) is 0 Å². The van der Waals surface area contributed by atoms with Gasteiger partial charge in [0.05, 0.1) is 13.2 Å². The third-order valence-corrected chi connectivity index (χ3v) is 5.24. The van der Waals surface area contributed by atoms with E-state index in [0.717, 1.165) is 22.4 Å². The topological polar surface area (TPSA) is 111 Å². The van der Waals surface area contributed by atoms with Gasteiger partial charge in [-0.25, -0.2) is 0 Å². The Bertz CT molecular complexity index is 1270. The second-order valence-corrected chi connectivity index (χ2v) is 7.93. The summed E-state index contributed by atoms with van der Waals surface area (Å²) in [5.74, 6) is 0.682. The highest BCUT2D eigenvalue weighted by Crippen LogP contribution is 2.16. The van der Waals surface area contributed by atoms with E-state index in [2.05, 4.69) is 26.3 Å². The van der Waals surface area contributed by atoms with Crippen molar-refractivity contribution in [3.8, 4) is 17.1 Å². The van der Waals surface area contributed by atoms with Crippen molar-refractivity contribution in [3.05, 3.63) is 95.6 Å². The number of tetrazole rings is 1. The molecular formula is C26H26N6O3. The Kier molecular flexibility index (Phi) is 7.80. The third kappa shape index (κ3) is 6.73. The minimum absolute atomic E-state index is 0.237. The van der Waals surface area contributed by atoms with Crippen LogP contribution in [0.1, 0.15) is 34.3 Å². The van der Waals surface area contributed by atoms with E-state index in [0.29, 0.717) is 31.0 Å². The van der Waals surface area contributed by atoms with Gasteiger partial charge in [0, 0.05) is 17.5 Å². The molecule has 35 heavy (non-hydrogen) atoms. The Balaban J connectivity index is 1.19. The van der Waals surface area contributed by atoms with Gasteiger partial charge in [-0.3, -0.25) is 20.4 Å². The van der Waals surface area contributed by atoms with Gasteiger partial charge in [0.15, 0.2) is 0 Å². The first-order valence-electron chi connectivity index (χ1n) is 11.3. The average molecular weight is 471 g/mol. The van der Waals surface area contributed by atoms with Crippen molar-refractivity contribution in [2.75, 3.05) is 6.61 Å². The van der Waals surface area contributed by atoms with Crippen LogP contribution in [0.2, 0.25) is 0 Å². The quantitative estimate of drug-likeness (QED) is 0.287. The summed E-state index contributed by atoms with van der Waals surface area (Å²) in [6.45, 7) is 2.81. The fourth-order valence-electron chi connectivity index (χ4n) is 3.33. The zero-order valence-corrected chi connectivity index (χ0v) is 19.3. The zero-order chi connectivity index (χ0) is 24.5. The summed E-state index contributed by atoms with van der Waals surface area (Å²) in [5.41, 5.74) is 8.15. The molecule has 1 aromatic heterocycles. The van der Waals surface area contributed by atoms with Gasteiger partial charge in [-0.1, -0.05) is 60.7 Å². The largest absolute Gasteiger partial charge is 0.493 e. The van der Waals surface area contributed by atoms with E-state index in [1.54, 1.807) is 12.1 Å². The molecule has 0 saturated heterocycles. The minimum atomic E-state index is -0.397. The first-order valence-corrected chi connectivity index (χ1v) is 11.3. The van der Waals surface area contributed by atoms with Crippen molar-refractivity contribution in [1.82, 2.24) is 31.1 Å². The van der Waals surface area contributed by atoms with Gasteiger partial charge in [-0.05, 0) is 47.9 Å². The number of aromatic nitrogens is 4. The molecule has 3 aromatic carbocycles. The monoisotopic (exact) mass is 470 g/mol. The number of carbonyl (C=O) groups is 2. The smallest absolute Gasteiger partial charge is 0.269 e. The molecule has 0 radical (unpaired) electrons. The molecule has 9 nitrogen and oxygen atoms in total. The van der Waals surface area contributed by atoms with Gasteiger partial charge in [-0.2, -0.15) is 4.80 Å². The zero-order valence-electron chi connectivity index (χ0n) is 19.3. The van der Waals surface area contributed by atoms with E-state index in [4.69, 9.17) is 4.74 Å². The van der Waals surface area contributed by atoms with Crippen molar-refractivity contribution in [2.24, 2.45) is 0 Å². The van der Waals surface area contributed by atoms with E-state index < -0.39 is 5.91 Å². The molecule has 1 heterocycles. The summed E-state index contributed by atoms with van der Waals surface area (Å²) in [6.07, 6.45) is 0.772. The number of benzene rings is 3. The Morgan fingerprint density at radius 3 is 2.43 bits per heavy atom. The highest BCUT2D eigenvalue weighted by Gasteiger charge is 2.09. The summed E-state index contributed by atoms with van der Waals surface area (Å²) >= 11 is 0. The van der Waals surface area contributed by atoms with Gasteiger partial charge < -0.3 is 4.74 Å². The Hall–Kier alpha value is -4.53. The maximum atomic E-state index is 12.3. The van der Waals surface area contributed by atoms with Crippen LogP contribution in [0.15, 0.2) is 78.9 Å². The second kappa shape index (κ2) is 11.6. The van der Waals surface area contributed by atoms with Gasteiger partial charge in [0.1, 0.15) is 5.75 Å². The third-order valence-electron chi connectivity index (χ3n) is 5.24. The Morgan fingerprint density at radius 1 is 0.914 bits per heavy atom. The normalized spacial score (nSPS) is 10.5. The van der Waals surface area contributed by atoms with Crippen molar-refractivity contribution >= 4 is 11.8 Å². The number of nitrogens with one attached hydrogen (secondary N) is 2. The summed E-state index contributed by atoms with van der Waals surface area (Å²) in [6, 6.07) is 24.3. The molecule has 0 saturated carbocycles. The van der Waals surface area contributed by atoms with E-state index in [1.165, 1.54) is 4.80 Å². The van der Waals surface area contributed by atoms with Crippen LogP contribution in [-0.4, -0.2) is 38.6 Å². The number of hydrogen-bond acceptors (Lipinski definition) is 6. The number of nitrogens with zero attached hydrogens (tertiary/aromatic N) is 4. The summed E-state index contributed by atoms with van der Waals surface area (Å²) in [7, 11) is 0. The lowest BCUT2D eigenvalue weighted by Crippen LogP contribution is -2.41. The summed E-state index contributed by atoms with van der Waals surface area (Å²) < 4.78 is 5.68. The van der Waals surface area contributed by atoms with Crippen LogP contribution >= 0.6 is 0 Å². The van der Waals surface area contributed by atoms with E-state index in [1.807, 2.05) is 73.7 Å². The molecule has 0 aliphatic rings. The molecule has 0 aliphatic carbocycles. The molecule has 4 aromatic rings. The highest BCUT2D eigenvalue weighted by molar-refractivity contribution is 5.95. The first-order chi connectivity index (χ1) is 17.1. The first kappa shape index (κ1) is 23.6. The summed E-state index contributed by atoms with van der Waals surface area (Å²) in [4.78, 5) is 25.9. The molecule has 0 unspecified atom stereocenters. The van der Waals surface area contributed by atoms with Crippen LogP contribution in [0.3, 0.4) is 0 Å². The molecule has 178 valence electrons. The Labute approximate surface area is 203 Å². The highest BCUT2D eigenvalue weighted by atomic mass is 16.5. The number of para-hydroxylation sites is 1. The average Bonchev–Trinajstić information content (AvgIpc) is 3.35. The van der Waals surface area contributed by atoms with Crippen LogP contribution in [0.5, 0.6) is 5.75 Å². The maximum absolute atomic E-state index is 12.3. The van der Waals surface area contributed by atoms with E-state index in [9.17, 15) is 9.59 Å². The number of hydrazine groups is 1. The van der Waals surface area contributed by atoms with E-state index >= 15 is 0 Å². The SMILES string of the molecule is Cc1ccccc1OCCCC(=O)NNC(=O)c1ccc(Cn2nnc(-c3ccccc3)n2)cc1. The molecule has 0 aliphatic heterocycles. The van der Waals surface area contributed by atoms with E-state index in [-0.39, 0.29) is 12.3 Å². The Morgan fingerprint density at radius 2 is 1.66 bits per heavy atom. The predicted octanol–water partition coefficient (Wildman–Crippen LogP) is 3.32. The molecule has 2 amide bonds. The van der Waals surface area contributed by atoms with Crippen LogP contribution in [0.4, 0.5) is 0 Å². The fourth-order valence-corrected chi connectivity index (χ4v) is 3.33. The van der Waals surface area contributed by atoms with Gasteiger partial charge in [0.2, 0.25) is 11.7 Å². The molecule has 0 bridgehead atoms. The summed E-state index contributed by atoms with van der Waals surface area (Å²) in [5, 5.41) is 12.6. The fraction of sp³-hybridized carbons (Fsp3) is 0.192. The number of amides is 2. The van der Waals surface area contributed by atoms with Gasteiger partial charge in [0.25, 0.3) is 5.91 Å². The maximum Gasteiger partial charge on any atom is 0.269 e. The number of hydrogen-bond donors (Lipinski definition) is 2. The minimum Gasteiger partial charge on any atom is -0.493 e. The van der Waals surface area contributed by atoms with Crippen LogP contribution < -0.4 is 15.6 Å². The molecule has 2 N–H and O–H groups in total. The van der Waals surface area contributed by atoms with Crippen molar-refractivity contribution in [2.45, 2.75) is 26.3 Å². The van der Waals surface area contributed by atoms with Crippen molar-refractivity contribution < 1.29 is 14.3 Å². The molecule has 0 atom stereocenters. The number of ether oxygens (including phenoxy) is 1. The molecular weight excluding hydrogens is 444 g/mol. The van der Waals surface area contributed by atoms with Crippen LogP contribution in [0.25, 0.3) is 11.4 Å². The lowest BCUT2D eigenvalue weighted by molar-refractivity contribution is -0.122. The molecule has 0 fully saturated rings. The lowest BCUT2D eigenvalue weighted by atomic mass is 10.1. The van der Waals surface area contributed by atoms with Gasteiger partial charge >= 0.3 is 0 Å². The standard InChI is InChI=1S/C26H26N6O3/c1-19-8-5-6-11-23(19)35-17-7-12-24(33)27-29-26(34)22-15-13-20(14-16-22)18-32-30-25(28-31-32)21-9-3-2-4-10-21/h2-6,8-11,13-16H,7,12,17-18H2,1H3,(H,27,33)(H,29,34). The van der Waals surface area contributed by atoms with Crippen LogP contribution in [-0.2, 0) is 11.3 Å². The predicted molar refractivity (Wildman–Crippen MR) is 130 cm³/mol. The number of aryl methyl sites for hydroxylation is 1. The second-order valence-electron chi connectivity index (χ2n) is 7.93. The van der Waals surface area contributed by atoms with Crippen LogP contribution in [0, 0.1) is 6.92 Å². The molecule has 4 rings (SSSR count). The number of carbonyl (C=O) groups excluding carboxylic acids is 2. The lowest BCUT2D eigenvalue weighted by Gasteiger charge is -2.10.